The van der Waals surface area contributed by atoms with Crippen LogP contribution < -0.4 is 5.32 Å². The number of hydrogen-bond donors (Lipinski definition) is 1. The zero-order valence-corrected chi connectivity index (χ0v) is 13.2. The smallest absolute Gasteiger partial charge is 0.233 e. The first kappa shape index (κ1) is 13.9. The Balaban J connectivity index is 1.38. The highest BCUT2D eigenvalue weighted by Gasteiger charge is 2.44. The zero-order valence-electron chi connectivity index (χ0n) is 12.4. The van der Waals surface area contributed by atoms with Crippen molar-refractivity contribution in [3.05, 3.63) is 65.7 Å². The van der Waals surface area contributed by atoms with Gasteiger partial charge in [-0.25, -0.2) is 0 Å². The van der Waals surface area contributed by atoms with Crippen LogP contribution in [0, 0.1) is 0 Å². The topological polar surface area (TPSA) is 29.1 Å². The Morgan fingerprint density at radius 1 is 1.09 bits per heavy atom. The predicted molar refractivity (Wildman–Crippen MR) is 90.2 cm³/mol. The van der Waals surface area contributed by atoms with E-state index in [0.29, 0.717) is 0 Å². The summed E-state index contributed by atoms with van der Waals surface area (Å²) in [6, 6.07) is 18.9. The van der Waals surface area contributed by atoms with E-state index in [-0.39, 0.29) is 16.6 Å². The SMILES string of the molecule is O=C(NCC1(c2ccccc2)CC1)C1Cc2ccccc2S1. The summed E-state index contributed by atoms with van der Waals surface area (Å²) >= 11 is 1.70. The molecule has 0 saturated heterocycles. The quantitative estimate of drug-likeness (QED) is 0.936. The Morgan fingerprint density at radius 2 is 1.82 bits per heavy atom. The number of thioether (sulfide) groups is 1. The zero-order chi connectivity index (χ0) is 15.0. The van der Waals surface area contributed by atoms with E-state index in [1.807, 2.05) is 18.2 Å². The maximum Gasteiger partial charge on any atom is 0.233 e. The van der Waals surface area contributed by atoms with Crippen LogP contribution in [0.15, 0.2) is 59.5 Å². The molecule has 0 radical (unpaired) electrons. The van der Waals surface area contributed by atoms with Gasteiger partial charge in [-0.2, -0.15) is 0 Å². The van der Waals surface area contributed by atoms with E-state index in [0.717, 1.165) is 13.0 Å². The molecule has 1 amide bonds. The molecule has 1 saturated carbocycles. The number of benzene rings is 2. The maximum absolute atomic E-state index is 12.5. The van der Waals surface area contributed by atoms with E-state index < -0.39 is 0 Å². The Hall–Kier alpha value is -1.74. The molecule has 1 atom stereocenters. The Kier molecular flexibility index (Phi) is 3.45. The van der Waals surface area contributed by atoms with Crippen molar-refractivity contribution in [2.75, 3.05) is 6.54 Å². The van der Waals surface area contributed by atoms with Crippen LogP contribution in [-0.4, -0.2) is 17.7 Å². The van der Waals surface area contributed by atoms with Gasteiger partial charge in [-0.3, -0.25) is 4.79 Å². The lowest BCUT2D eigenvalue weighted by molar-refractivity contribution is -0.120. The molecular formula is C19H19NOS. The van der Waals surface area contributed by atoms with Crippen LogP contribution >= 0.6 is 11.8 Å². The van der Waals surface area contributed by atoms with Gasteiger partial charge in [0.2, 0.25) is 5.91 Å². The average Bonchev–Trinajstić information content (AvgIpc) is 3.24. The van der Waals surface area contributed by atoms with Crippen LogP contribution in [0.1, 0.15) is 24.0 Å². The molecule has 2 aliphatic rings. The second kappa shape index (κ2) is 5.47. The molecular weight excluding hydrogens is 290 g/mol. The summed E-state index contributed by atoms with van der Waals surface area (Å²) < 4.78 is 0. The van der Waals surface area contributed by atoms with Crippen LogP contribution in [0.5, 0.6) is 0 Å². The van der Waals surface area contributed by atoms with Crippen molar-refractivity contribution in [1.29, 1.82) is 0 Å². The minimum absolute atomic E-state index is 0.0315. The lowest BCUT2D eigenvalue weighted by Crippen LogP contribution is -2.37. The third kappa shape index (κ3) is 2.54. The van der Waals surface area contributed by atoms with Gasteiger partial charge in [0.1, 0.15) is 0 Å². The number of carbonyl (C=O) groups is 1. The van der Waals surface area contributed by atoms with E-state index in [1.54, 1.807) is 11.8 Å². The van der Waals surface area contributed by atoms with Gasteiger partial charge in [-0.1, -0.05) is 48.5 Å². The third-order valence-electron chi connectivity index (χ3n) is 4.78. The Labute approximate surface area is 135 Å². The first-order valence-corrected chi connectivity index (χ1v) is 8.73. The minimum atomic E-state index is 0.0315. The van der Waals surface area contributed by atoms with E-state index >= 15 is 0 Å². The second-order valence-electron chi connectivity index (χ2n) is 6.28. The fraction of sp³-hybridized carbons (Fsp3) is 0.316. The standard InChI is InChI=1S/C19H19NOS/c21-18(17-12-14-6-4-5-9-16(14)22-17)20-13-19(10-11-19)15-7-2-1-3-8-15/h1-9,17H,10-13H2,(H,20,21). The number of carbonyl (C=O) groups excluding carboxylic acids is 1. The molecule has 1 fully saturated rings. The molecule has 1 aliphatic heterocycles. The highest BCUT2D eigenvalue weighted by atomic mass is 32.2. The minimum Gasteiger partial charge on any atom is -0.354 e. The van der Waals surface area contributed by atoms with Crippen LogP contribution in [0.2, 0.25) is 0 Å². The lowest BCUT2D eigenvalue weighted by atomic mass is 9.96. The molecule has 1 unspecified atom stereocenters. The largest absolute Gasteiger partial charge is 0.354 e. The summed E-state index contributed by atoms with van der Waals surface area (Å²) in [5.41, 5.74) is 2.85. The second-order valence-corrected chi connectivity index (χ2v) is 7.53. The fourth-order valence-electron chi connectivity index (χ4n) is 3.21. The summed E-state index contributed by atoms with van der Waals surface area (Å²) in [5, 5.41) is 3.23. The van der Waals surface area contributed by atoms with Crippen molar-refractivity contribution in [1.82, 2.24) is 5.32 Å². The molecule has 2 aromatic rings. The van der Waals surface area contributed by atoms with Gasteiger partial charge in [0, 0.05) is 16.9 Å². The monoisotopic (exact) mass is 309 g/mol. The van der Waals surface area contributed by atoms with Crippen LogP contribution in [-0.2, 0) is 16.6 Å². The first-order valence-electron chi connectivity index (χ1n) is 7.85. The summed E-state index contributed by atoms with van der Waals surface area (Å²) in [5.74, 6) is 0.184. The van der Waals surface area contributed by atoms with Crippen molar-refractivity contribution < 1.29 is 4.79 Å². The van der Waals surface area contributed by atoms with E-state index in [2.05, 4.69) is 41.7 Å². The molecule has 1 aliphatic carbocycles. The molecule has 0 bridgehead atoms. The van der Waals surface area contributed by atoms with Crippen molar-refractivity contribution in [2.24, 2.45) is 0 Å². The van der Waals surface area contributed by atoms with Gasteiger partial charge < -0.3 is 5.32 Å². The summed E-state index contributed by atoms with van der Waals surface area (Å²) in [4.78, 5) is 13.7. The summed E-state index contributed by atoms with van der Waals surface area (Å²) in [6.45, 7) is 0.767. The van der Waals surface area contributed by atoms with E-state index in [4.69, 9.17) is 0 Å². The van der Waals surface area contributed by atoms with Crippen LogP contribution in [0.25, 0.3) is 0 Å². The molecule has 0 spiro atoms. The van der Waals surface area contributed by atoms with Crippen molar-refractivity contribution >= 4 is 17.7 Å². The van der Waals surface area contributed by atoms with E-state index in [9.17, 15) is 4.79 Å². The molecule has 22 heavy (non-hydrogen) atoms. The number of amides is 1. The van der Waals surface area contributed by atoms with Gasteiger partial charge in [-0.05, 0) is 36.5 Å². The highest BCUT2D eigenvalue weighted by molar-refractivity contribution is 8.01. The first-order chi connectivity index (χ1) is 10.8. The van der Waals surface area contributed by atoms with Crippen molar-refractivity contribution in [3.8, 4) is 0 Å². The molecule has 3 heteroatoms. The highest BCUT2D eigenvalue weighted by Crippen LogP contribution is 2.47. The number of hydrogen-bond acceptors (Lipinski definition) is 2. The van der Waals surface area contributed by atoms with Crippen LogP contribution in [0.4, 0.5) is 0 Å². The van der Waals surface area contributed by atoms with Gasteiger partial charge in [0.15, 0.2) is 0 Å². The molecule has 0 aromatic heterocycles. The Morgan fingerprint density at radius 3 is 2.55 bits per heavy atom. The molecule has 4 rings (SSSR count). The van der Waals surface area contributed by atoms with Crippen molar-refractivity contribution in [2.45, 2.75) is 34.8 Å². The van der Waals surface area contributed by atoms with Gasteiger partial charge in [-0.15, -0.1) is 11.8 Å². The Bertz CT molecular complexity index is 669. The predicted octanol–water partition coefficient (Wildman–Crippen LogP) is 3.55. The maximum atomic E-state index is 12.5. The van der Waals surface area contributed by atoms with Gasteiger partial charge in [0.25, 0.3) is 0 Å². The average molecular weight is 309 g/mol. The van der Waals surface area contributed by atoms with E-state index in [1.165, 1.54) is 28.9 Å². The number of fused-ring (bicyclic) bond motifs is 1. The van der Waals surface area contributed by atoms with Crippen molar-refractivity contribution in [3.63, 3.8) is 0 Å². The molecule has 1 heterocycles. The number of nitrogens with one attached hydrogen (secondary N) is 1. The molecule has 112 valence electrons. The molecule has 2 aromatic carbocycles. The molecule has 1 N–H and O–H groups in total. The van der Waals surface area contributed by atoms with Gasteiger partial charge in [0.05, 0.1) is 5.25 Å². The van der Waals surface area contributed by atoms with Crippen LogP contribution in [0.3, 0.4) is 0 Å². The molecule has 2 nitrogen and oxygen atoms in total. The normalized spacial score (nSPS) is 21.2. The lowest BCUT2D eigenvalue weighted by Gasteiger charge is -2.18. The van der Waals surface area contributed by atoms with Gasteiger partial charge >= 0.3 is 0 Å². The fourth-order valence-corrected chi connectivity index (χ4v) is 4.43. The number of rotatable bonds is 4. The third-order valence-corrected chi connectivity index (χ3v) is 6.10. The summed E-state index contributed by atoms with van der Waals surface area (Å²) in [6.07, 6.45) is 3.20. The summed E-state index contributed by atoms with van der Waals surface area (Å²) in [7, 11) is 0.